The molecule has 2 aromatic rings. The van der Waals surface area contributed by atoms with Gasteiger partial charge in [-0.05, 0) is 35.4 Å². The summed E-state index contributed by atoms with van der Waals surface area (Å²) in [6.07, 6.45) is 1.83. The van der Waals surface area contributed by atoms with Gasteiger partial charge in [0.1, 0.15) is 11.6 Å². The second kappa shape index (κ2) is 10.8. The highest BCUT2D eigenvalue weighted by Crippen LogP contribution is 2.13. The predicted octanol–water partition coefficient (Wildman–Crippen LogP) is 2.98. The smallest absolute Gasteiger partial charge is 0.193 e. The number of methoxy groups -OCH3 is 1. The van der Waals surface area contributed by atoms with Crippen molar-refractivity contribution < 1.29 is 4.74 Å². The Morgan fingerprint density at radius 1 is 1.12 bits per heavy atom. The fourth-order valence-electron chi connectivity index (χ4n) is 2.46. The van der Waals surface area contributed by atoms with Crippen LogP contribution in [0.15, 0.2) is 47.6 Å². The lowest BCUT2D eigenvalue weighted by Crippen LogP contribution is -2.38. The van der Waals surface area contributed by atoms with Crippen molar-refractivity contribution in [2.45, 2.75) is 13.1 Å². The number of nitrogens with one attached hydrogen (secondary N) is 1. The number of anilines is 1. The van der Waals surface area contributed by atoms with Gasteiger partial charge >= 0.3 is 0 Å². The molecule has 6 nitrogen and oxygen atoms in total. The molecule has 0 aliphatic rings. The number of halogens is 1. The van der Waals surface area contributed by atoms with Crippen molar-refractivity contribution in [1.29, 1.82) is 0 Å². The van der Waals surface area contributed by atoms with Gasteiger partial charge in [-0.15, -0.1) is 24.0 Å². The van der Waals surface area contributed by atoms with Crippen LogP contribution in [-0.2, 0) is 13.1 Å². The van der Waals surface area contributed by atoms with Crippen LogP contribution < -0.4 is 15.0 Å². The number of hydrogen-bond acceptors (Lipinski definition) is 4. The Balaban J connectivity index is 0.00000338. The van der Waals surface area contributed by atoms with Crippen molar-refractivity contribution >= 4 is 35.8 Å². The Labute approximate surface area is 173 Å². The number of ether oxygens (including phenoxy) is 1. The molecule has 1 N–H and O–H groups in total. The topological polar surface area (TPSA) is 53.0 Å². The molecule has 1 heterocycles. The lowest BCUT2D eigenvalue weighted by molar-refractivity contribution is 0.414. The van der Waals surface area contributed by atoms with Gasteiger partial charge in [-0.1, -0.05) is 12.1 Å². The van der Waals surface area contributed by atoms with Crippen LogP contribution in [-0.4, -0.2) is 51.1 Å². The molecule has 2 rings (SSSR count). The summed E-state index contributed by atoms with van der Waals surface area (Å²) in [6, 6.07) is 12.2. The molecule has 0 unspecified atom stereocenters. The maximum absolute atomic E-state index is 5.20. The molecule has 0 amide bonds. The fourth-order valence-corrected chi connectivity index (χ4v) is 2.46. The summed E-state index contributed by atoms with van der Waals surface area (Å²) in [5, 5.41) is 3.40. The number of hydrogen-bond donors (Lipinski definition) is 1. The van der Waals surface area contributed by atoms with Gasteiger partial charge in [0.2, 0.25) is 0 Å². The molecule has 0 spiro atoms. The Morgan fingerprint density at radius 2 is 1.81 bits per heavy atom. The lowest BCUT2D eigenvalue weighted by atomic mass is 10.2. The molecule has 26 heavy (non-hydrogen) atoms. The molecule has 142 valence electrons. The highest BCUT2D eigenvalue weighted by Gasteiger charge is 2.07. The van der Waals surface area contributed by atoms with Crippen LogP contribution in [0.5, 0.6) is 5.75 Å². The summed E-state index contributed by atoms with van der Waals surface area (Å²) in [5.41, 5.74) is 2.36. The van der Waals surface area contributed by atoms with E-state index in [1.54, 1.807) is 14.2 Å². The van der Waals surface area contributed by atoms with Crippen LogP contribution in [0, 0.1) is 0 Å². The Kier molecular flexibility index (Phi) is 9.18. The van der Waals surface area contributed by atoms with Crippen LogP contribution in [0.25, 0.3) is 0 Å². The van der Waals surface area contributed by atoms with Gasteiger partial charge in [-0.3, -0.25) is 4.99 Å². The molecule has 1 aromatic carbocycles. The van der Waals surface area contributed by atoms with Gasteiger partial charge < -0.3 is 19.9 Å². The largest absolute Gasteiger partial charge is 0.497 e. The van der Waals surface area contributed by atoms with Gasteiger partial charge in [0.25, 0.3) is 0 Å². The Bertz CT molecular complexity index is 703. The first-order valence-corrected chi connectivity index (χ1v) is 8.20. The van der Waals surface area contributed by atoms with Crippen molar-refractivity contribution in [2.24, 2.45) is 4.99 Å². The molecule has 0 bridgehead atoms. The molecule has 0 atom stereocenters. The average Bonchev–Trinajstić information content (AvgIpc) is 2.63. The number of nitrogens with zero attached hydrogens (tertiary/aromatic N) is 4. The molecule has 0 fully saturated rings. The fraction of sp³-hybridized carbons (Fsp3) is 0.368. The van der Waals surface area contributed by atoms with Gasteiger partial charge in [-0.2, -0.15) is 0 Å². The number of aromatic nitrogens is 1. The van der Waals surface area contributed by atoms with Crippen LogP contribution >= 0.6 is 24.0 Å². The zero-order chi connectivity index (χ0) is 18.2. The average molecular weight is 469 g/mol. The van der Waals surface area contributed by atoms with E-state index in [1.165, 1.54) is 5.56 Å². The van der Waals surface area contributed by atoms with Crippen LogP contribution in [0.1, 0.15) is 11.1 Å². The third-order valence-corrected chi connectivity index (χ3v) is 3.87. The second-order valence-electron chi connectivity index (χ2n) is 6.02. The van der Waals surface area contributed by atoms with Gasteiger partial charge in [-0.25, -0.2) is 4.98 Å². The van der Waals surface area contributed by atoms with Crippen molar-refractivity contribution in [2.75, 3.05) is 40.2 Å². The quantitative estimate of drug-likeness (QED) is 0.401. The summed E-state index contributed by atoms with van der Waals surface area (Å²) >= 11 is 0. The van der Waals surface area contributed by atoms with Crippen molar-refractivity contribution in [3.05, 3.63) is 53.7 Å². The van der Waals surface area contributed by atoms with Crippen molar-refractivity contribution in [1.82, 2.24) is 15.2 Å². The van der Waals surface area contributed by atoms with Gasteiger partial charge in [0.15, 0.2) is 5.96 Å². The van der Waals surface area contributed by atoms with E-state index in [9.17, 15) is 0 Å². The van der Waals surface area contributed by atoms with E-state index in [1.807, 2.05) is 50.4 Å². The minimum Gasteiger partial charge on any atom is -0.497 e. The zero-order valence-electron chi connectivity index (χ0n) is 16.1. The maximum atomic E-state index is 5.20. The first-order valence-electron chi connectivity index (χ1n) is 8.20. The third-order valence-electron chi connectivity index (χ3n) is 3.87. The lowest BCUT2D eigenvalue weighted by Gasteiger charge is -2.22. The SMILES string of the molecule is CN=C(NCc1ccnc(N(C)C)c1)N(C)Cc1ccc(OC)cc1.I. The second-order valence-corrected chi connectivity index (χ2v) is 6.02. The molecule has 0 saturated heterocycles. The van der Waals surface area contributed by atoms with Crippen molar-refractivity contribution in [3.63, 3.8) is 0 Å². The number of rotatable bonds is 6. The normalized spacial score (nSPS) is 10.7. The highest BCUT2D eigenvalue weighted by atomic mass is 127. The third kappa shape index (κ3) is 6.36. The number of aliphatic imine (C=N–C) groups is 1. The molecule has 7 heteroatoms. The summed E-state index contributed by atoms with van der Waals surface area (Å²) in [6.45, 7) is 1.46. The van der Waals surface area contributed by atoms with E-state index in [4.69, 9.17) is 4.74 Å². The monoisotopic (exact) mass is 469 g/mol. The number of pyridine rings is 1. The van der Waals surface area contributed by atoms with E-state index in [0.29, 0.717) is 6.54 Å². The highest BCUT2D eigenvalue weighted by molar-refractivity contribution is 14.0. The summed E-state index contributed by atoms with van der Waals surface area (Å²) in [7, 11) is 9.47. The Morgan fingerprint density at radius 3 is 2.38 bits per heavy atom. The summed E-state index contributed by atoms with van der Waals surface area (Å²) < 4.78 is 5.20. The van der Waals surface area contributed by atoms with Gasteiger partial charge in [0, 0.05) is 47.5 Å². The van der Waals surface area contributed by atoms with Crippen LogP contribution in [0.4, 0.5) is 5.82 Å². The molecule has 0 saturated carbocycles. The van der Waals surface area contributed by atoms with E-state index in [0.717, 1.165) is 29.6 Å². The molecular formula is C19H28IN5O. The first-order chi connectivity index (χ1) is 12.0. The maximum Gasteiger partial charge on any atom is 0.193 e. The Hall–Kier alpha value is -2.03. The molecule has 0 aliphatic carbocycles. The first kappa shape index (κ1) is 22.0. The standard InChI is InChI=1S/C19H27N5O.HI/c1-20-19(22-13-16-10-11-21-18(12-16)23(2)3)24(4)14-15-6-8-17(25-5)9-7-15;/h6-12H,13-14H2,1-5H3,(H,20,22);1H. The number of guanidine groups is 1. The van der Waals surface area contributed by atoms with Crippen LogP contribution in [0.3, 0.4) is 0 Å². The molecule has 0 radical (unpaired) electrons. The van der Waals surface area contributed by atoms with E-state index in [2.05, 4.69) is 38.4 Å². The minimum atomic E-state index is 0. The van der Waals surface area contributed by atoms with Gasteiger partial charge in [0.05, 0.1) is 7.11 Å². The molecular weight excluding hydrogens is 441 g/mol. The number of benzene rings is 1. The summed E-state index contributed by atoms with van der Waals surface area (Å²) in [5.74, 6) is 2.66. The van der Waals surface area contributed by atoms with Crippen molar-refractivity contribution in [3.8, 4) is 5.75 Å². The van der Waals surface area contributed by atoms with Crippen LogP contribution in [0.2, 0.25) is 0 Å². The van der Waals surface area contributed by atoms with E-state index >= 15 is 0 Å². The van der Waals surface area contributed by atoms with E-state index < -0.39 is 0 Å². The zero-order valence-corrected chi connectivity index (χ0v) is 18.4. The predicted molar refractivity (Wildman–Crippen MR) is 119 cm³/mol. The molecule has 0 aliphatic heterocycles. The molecule has 1 aromatic heterocycles. The minimum absolute atomic E-state index is 0. The summed E-state index contributed by atoms with van der Waals surface area (Å²) in [4.78, 5) is 12.8. The van der Waals surface area contributed by atoms with E-state index in [-0.39, 0.29) is 24.0 Å².